The number of likely N-dealkylation sites (tertiary alicyclic amines) is 1. The fourth-order valence-corrected chi connectivity index (χ4v) is 4.74. The summed E-state index contributed by atoms with van der Waals surface area (Å²) < 4.78 is 19.7. The van der Waals surface area contributed by atoms with E-state index in [1.54, 1.807) is 17.0 Å². The van der Waals surface area contributed by atoms with Crippen LogP contribution in [0.15, 0.2) is 36.4 Å². The first-order valence-corrected chi connectivity index (χ1v) is 12.7. The zero-order valence-corrected chi connectivity index (χ0v) is 21.1. The lowest BCUT2D eigenvalue weighted by atomic mass is 10.0. The van der Waals surface area contributed by atoms with Gasteiger partial charge < -0.3 is 24.2 Å². The molecule has 5 rings (SSSR count). The van der Waals surface area contributed by atoms with Crippen molar-refractivity contribution in [1.29, 1.82) is 0 Å². The van der Waals surface area contributed by atoms with Crippen molar-refractivity contribution in [3.8, 4) is 22.6 Å². The van der Waals surface area contributed by atoms with E-state index in [0.29, 0.717) is 37.6 Å². The van der Waals surface area contributed by atoms with E-state index in [2.05, 4.69) is 10.3 Å². The normalized spacial score (nSPS) is 20.6. The number of hydrogen-bond acceptors (Lipinski definition) is 7. The molecule has 192 valence electrons. The largest absolute Gasteiger partial charge is 0.508 e. The number of carbonyl (C=O) groups is 1. The SMILES string of the molecule is CC(C)(C)OC(=O)N1CC[C@H](COc2cc(-c3ccc(O)cc3)cc3c2nnn3C2CCCCO2)C1. The lowest BCUT2D eigenvalue weighted by Gasteiger charge is -2.24. The Balaban J connectivity index is 1.38. The lowest BCUT2D eigenvalue weighted by Crippen LogP contribution is -2.35. The molecule has 2 aliphatic heterocycles. The Bertz CT molecular complexity index is 1210. The molecule has 0 saturated carbocycles. The molecule has 3 aromatic rings. The van der Waals surface area contributed by atoms with Crippen LogP contribution in [-0.4, -0.2) is 63.0 Å². The Kier molecular flexibility index (Phi) is 6.75. The molecule has 9 heteroatoms. The summed E-state index contributed by atoms with van der Waals surface area (Å²) in [6.45, 7) is 8.04. The third kappa shape index (κ3) is 5.41. The van der Waals surface area contributed by atoms with Gasteiger partial charge >= 0.3 is 6.09 Å². The van der Waals surface area contributed by atoms with Crippen LogP contribution in [0.1, 0.15) is 52.7 Å². The van der Waals surface area contributed by atoms with Crippen LogP contribution >= 0.6 is 0 Å². The molecular formula is C27H34N4O5. The predicted molar refractivity (Wildman–Crippen MR) is 135 cm³/mol. The molecule has 0 radical (unpaired) electrons. The Labute approximate surface area is 210 Å². The van der Waals surface area contributed by atoms with Crippen LogP contribution in [0.3, 0.4) is 0 Å². The van der Waals surface area contributed by atoms with Crippen LogP contribution in [0.25, 0.3) is 22.2 Å². The summed E-state index contributed by atoms with van der Waals surface area (Å²) in [5, 5.41) is 18.6. The molecule has 36 heavy (non-hydrogen) atoms. The second kappa shape index (κ2) is 9.97. The summed E-state index contributed by atoms with van der Waals surface area (Å²) in [7, 11) is 0. The molecule has 0 spiro atoms. The zero-order valence-electron chi connectivity index (χ0n) is 21.1. The molecule has 2 aromatic carbocycles. The zero-order chi connectivity index (χ0) is 25.3. The number of phenols is 1. The third-order valence-corrected chi connectivity index (χ3v) is 6.58. The molecule has 2 aliphatic rings. The number of amides is 1. The summed E-state index contributed by atoms with van der Waals surface area (Å²) in [6.07, 6.45) is 3.45. The van der Waals surface area contributed by atoms with Gasteiger partial charge in [0.15, 0.2) is 11.7 Å². The minimum Gasteiger partial charge on any atom is -0.508 e. The number of rotatable bonds is 5. The quantitative estimate of drug-likeness (QED) is 0.524. The Morgan fingerprint density at radius 2 is 1.94 bits per heavy atom. The molecule has 1 amide bonds. The van der Waals surface area contributed by atoms with E-state index in [1.807, 2.05) is 49.7 Å². The molecule has 1 unspecified atom stereocenters. The first kappa shape index (κ1) is 24.4. The van der Waals surface area contributed by atoms with Gasteiger partial charge in [0.2, 0.25) is 0 Å². The van der Waals surface area contributed by atoms with Crippen molar-refractivity contribution in [2.24, 2.45) is 5.92 Å². The molecule has 3 heterocycles. The average Bonchev–Trinajstić information content (AvgIpc) is 3.50. The van der Waals surface area contributed by atoms with Crippen molar-refractivity contribution < 1.29 is 24.1 Å². The first-order valence-electron chi connectivity index (χ1n) is 12.7. The van der Waals surface area contributed by atoms with Crippen molar-refractivity contribution >= 4 is 17.1 Å². The van der Waals surface area contributed by atoms with Crippen LogP contribution in [0, 0.1) is 5.92 Å². The van der Waals surface area contributed by atoms with E-state index in [4.69, 9.17) is 14.2 Å². The summed E-state index contributed by atoms with van der Waals surface area (Å²) >= 11 is 0. The molecule has 1 aromatic heterocycles. The molecule has 0 aliphatic carbocycles. The van der Waals surface area contributed by atoms with Gasteiger partial charge in [-0.1, -0.05) is 17.3 Å². The van der Waals surface area contributed by atoms with Crippen molar-refractivity contribution in [2.45, 2.75) is 58.3 Å². The van der Waals surface area contributed by atoms with Gasteiger partial charge in [-0.25, -0.2) is 9.48 Å². The van der Waals surface area contributed by atoms with Crippen molar-refractivity contribution in [3.63, 3.8) is 0 Å². The van der Waals surface area contributed by atoms with E-state index in [-0.39, 0.29) is 24.0 Å². The van der Waals surface area contributed by atoms with Crippen LogP contribution < -0.4 is 4.74 Å². The lowest BCUT2D eigenvalue weighted by molar-refractivity contribution is -0.0377. The third-order valence-electron chi connectivity index (χ3n) is 6.58. The van der Waals surface area contributed by atoms with E-state index in [9.17, 15) is 9.90 Å². The molecule has 2 saturated heterocycles. The predicted octanol–water partition coefficient (Wildman–Crippen LogP) is 5.14. The van der Waals surface area contributed by atoms with Crippen molar-refractivity contribution in [2.75, 3.05) is 26.3 Å². The van der Waals surface area contributed by atoms with E-state index in [1.165, 1.54) is 0 Å². The van der Waals surface area contributed by atoms with Crippen LogP contribution in [-0.2, 0) is 9.47 Å². The molecule has 0 bridgehead atoms. The highest BCUT2D eigenvalue weighted by molar-refractivity contribution is 5.87. The maximum atomic E-state index is 12.4. The fourth-order valence-electron chi connectivity index (χ4n) is 4.74. The molecule has 1 N–H and O–H groups in total. The maximum Gasteiger partial charge on any atom is 0.410 e. The monoisotopic (exact) mass is 494 g/mol. The molecule has 2 atom stereocenters. The van der Waals surface area contributed by atoms with Gasteiger partial charge in [-0.05, 0) is 81.8 Å². The topological polar surface area (TPSA) is 98.9 Å². The van der Waals surface area contributed by atoms with Crippen LogP contribution in [0.2, 0.25) is 0 Å². The summed E-state index contributed by atoms with van der Waals surface area (Å²) in [5.74, 6) is 1.06. The minimum absolute atomic E-state index is 0.149. The van der Waals surface area contributed by atoms with Crippen LogP contribution in [0.5, 0.6) is 11.5 Å². The number of nitrogens with zero attached hydrogens (tertiary/aromatic N) is 4. The Morgan fingerprint density at radius 3 is 2.67 bits per heavy atom. The van der Waals surface area contributed by atoms with Gasteiger partial charge in [0.05, 0.1) is 12.1 Å². The number of hydrogen-bond donors (Lipinski definition) is 1. The van der Waals surface area contributed by atoms with Gasteiger partial charge in [0.1, 0.15) is 17.1 Å². The maximum absolute atomic E-state index is 12.4. The average molecular weight is 495 g/mol. The van der Waals surface area contributed by atoms with Gasteiger partial charge in [0.25, 0.3) is 0 Å². The Hall–Kier alpha value is -3.33. The minimum atomic E-state index is -0.514. The number of aromatic nitrogens is 3. The van der Waals surface area contributed by atoms with Crippen molar-refractivity contribution in [3.05, 3.63) is 36.4 Å². The fraction of sp³-hybridized carbons (Fsp3) is 0.519. The highest BCUT2D eigenvalue weighted by Gasteiger charge is 2.30. The number of ether oxygens (including phenoxy) is 3. The molecule has 2 fully saturated rings. The Morgan fingerprint density at radius 1 is 1.14 bits per heavy atom. The number of fused-ring (bicyclic) bond motifs is 1. The van der Waals surface area contributed by atoms with E-state index < -0.39 is 5.60 Å². The summed E-state index contributed by atoms with van der Waals surface area (Å²) in [6, 6.07) is 11.1. The first-order chi connectivity index (χ1) is 17.3. The number of carbonyl (C=O) groups excluding carboxylic acids is 1. The van der Waals surface area contributed by atoms with Gasteiger partial charge in [-0.15, -0.1) is 5.10 Å². The van der Waals surface area contributed by atoms with E-state index >= 15 is 0 Å². The highest BCUT2D eigenvalue weighted by atomic mass is 16.6. The van der Waals surface area contributed by atoms with Gasteiger partial charge in [-0.2, -0.15) is 0 Å². The smallest absolute Gasteiger partial charge is 0.410 e. The molecule has 9 nitrogen and oxygen atoms in total. The van der Waals surface area contributed by atoms with E-state index in [0.717, 1.165) is 42.3 Å². The van der Waals surface area contributed by atoms with Crippen LogP contribution in [0.4, 0.5) is 4.79 Å². The number of aromatic hydroxyl groups is 1. The van der Waals surface area contributed by atoms with Crippen molar-refractivity contribution in [1.82, 2.24) is 19.9 Å². The van der Waals surface area contributed by atoms with Gasteiger partial charge in [0, 0.05) is 25.6 Å². The van der Waals surface area contributed by atoms with Gasteiger partial charge in [-0.3, -0.25) is 0 Å². The highest BCUT2D eigenvalue weighted by Crippen LogP contribution is 2.35. The number of phenolic OH excluding ortho intramolecular Hbond substituents is 1. The summed E-state index contributed by atoms with van der Waals surface area (Å²) in [5.41, 5.74) is 2.92. The second-order valence-corrected chi connectivity index (χ2v) is 10.6. The summed E-state index contributed by atoms with van der Waals surface area (Å²) in [4.78, 5) is 14.2. The second-order valence-electron chi connectivity index (χ2n) is 10.6. The number of benzene rings is 2. The standard InChI is InChI=1S/C27H34N4O5/c1-27(2,3)36-26(33)30-12-11-18(16-30)17-35-23-15-20(19-7-9-21(32)10-8-19)14-22-25(23)28-29-31(22)24-6-4-5-13-34-24/h7-10,14-15,18,24,32H,4-6,11-13,16-17H2,1-3H3/t18-,24?/m0/s1. The molecular weight excluding hydrogens is 460 g/mol.